The van der Waals surface area contributed by atoms with Gasteiger partial charge in [0.25, 0.3) is 0 Å². The van der Waals surface area contributed by atoms with Gasteiger partial charge < -0.3 is 19.3 Å². The number of aliphatic carboxylic acids is 1. The molecule has 0 saturated carbocycles. The average Bonchev–Trinajstić information content (AvgIpc) is 3.12. The molecule has 8 heteroatoms. The lowest BCUT2D eigenvalue weighted by molar-refractivity contribution is -0.148. The van der Waals surface area contributed by atoms with E-state index in [2.05, 4.69) is 26.2 Å². The number of hydrogen-bond donors (Lipinski definition) is 1. The van der Waals surface area contributed by atoms with E-state index in [1.165, 1.54) is 4.90 Å². The smallest absolute Gasteiger partial charge is 0.410 e. The highest BCUT2D eigenvalue weighted by molar-refractivity contribution is 6.76. The van der Waals surface area contributed by atoms with E-state index in [0.29, 0.717) is 0 Å². The standard InChI is InChI=1S/C26H35NO6Si/c1-8-18-13-20-14-21(10-9-19(20)15-22(18)31-3)26(32-4)16-25(2,23(28)29)27(17-26)24(30)33-11-12-34(5,6)7/h8-10,13-15H,1,11-12,16-17H2,2-7H3,(H,28,29)/t25-,26-/m0/s1. The van der Waals surface area contributed by atoms with Gasteiger partial charge in [0.1, 0.15) is 16.9 Å². The van der Waals surface area contributed by atoms with Crippen molar-refractivity contribution in [1.29, 1.82) is 0 Å². The highest BCUT2D eigenvalue weighted by atomic mass is 28.3. The van der Waals surface area contributed by atoms with Crippen LogP contribution in [0, 0.1) is 0 Å². The number of hydrogen-bond acceptors (Lipinski definition) is 5. The van der Waals surface area contributed by atoms with Gasteiger partial charge in [-0.05, 0) is 47.5 Å². The Kier molecular flexibility index (Phi) is 7.14. The Bertz CT molecular complexity index is 1110. The lowest BCUT2D eigenvalue weighted by Crippen LogP contribution is -2.51. The molecular weight excluding hydrogens is 450 g/mol. The van der Waals surface area contributed by atoms with Crippen LogP contribution >= 0.6 is 0 Å². The van der Waals surface area contributed by atoms with E-state index >= 15 is 0 Å². The topological polar surface area (TPSA) is 85.3 Å². The molecule has 1 amide bonds. The van der Waals surface area contributed by atoms with Gasteiger partial charge in [0.15, 0.2) is 0 Å². The maximum atomic E-state index is 13.0. The minimum atomic E-state index is -1.46. The highest BCUT2D eigenvalue weighted by Crippen LogP contribution is 2.46. The first-order valence-corrected chi connectivity index (χ1v) is 15.1. The Morgan fingerprint density at radius 3 is 2.44 bits per heavy atom. The summed E-state index contributed by atoms with van der Waals surface area (Å²) in [5, 5.41) is 12.0. The van der Waals surface area contributed by atoms with Crippen LogP contribution < -0.4 is 4.74 Å². The minimum Gasteiger partial charge on any atom is -0.496 e. The average molecular weight is 486 g/mol. The van der Waals surface area contributed by atoms with Crippen LogP contribution in [0.15, 0.2) is 36.9 Å². The molecule has 1 fully saturated rings. The van der Waals surface area contributed by atoms with E-state index in [-0.39, 0.29) is 19.6 Å². The largest absolute Gasteiger partial charge is 0.496 e. The molecule has 1 aliphatic heterocycles. The second-order valence-electron chi connectivity index (χ2n) is 10.3. The van der Waals surface area contributed by atoms with Gasteiger partial charge in [-0.3, -0.25) is 4.90 Å². The first kappa shape index (κ1) is 25.8. The summed E-state index contributed by atoms with van der Waals surface area (Å²) in [6, 6.07) is 10.6. The van der Waals surface area contributed by atoms with Crippen LogP contribution in [-0.4, -0.2) is 63.1 Å². The van der Waals surface area contributed by atoms with Gasteiger partial charge in [-0.1, -0.05) is 44.4 Å². The molecule has 184 valence electrons. The predicted molar refractivity (Wildman–Crippen MR) is 136 cm³/mol. The third-order valence-corrected chi connectivity index (χ3v) is 8.43. The summed E-state index contributed by atoms with van der Waals surface area (Å²) < 4.78 is 16.9. The van der Waals surface area contributed by atoms with Crippen LogP contribution in [0.25, 0.3) is 16.8 Å². The molecule has 1 saturated heterocycles. The number of ether oxygens (including phenoxy) is 3. The molecule has 7 nitrogen and oxygen atoms in total. The van der Waals surface area contributed by atoms with Gasteiger partial charge in [-0.2, -0.15) is 0 Å². The van der Waals surface area contributed by atoms with E-state index in [1.807, 2.05) is 30.3 Å². The van der Waals surface area contributed by atoms with E-state index in [9.17, 15) is 14.7 Å². The molecule has 0 aromatic heterocycles. The SMILES string of the molecule is C=Cc1cc2cc([C@@]3(OC)CN(C(=O)OCC[Si](C)(C)C)[C@](C)(C(=O)O)C3)ccc2cc1OC. The number of rotatable bonds is 8. The molecular formula is C26H35NO6Si. The Morgan fingerprint density at radius 2 is 1.88 bits per heavy atom. The third-order valence-electron chi connectivity index (χ3n) is 6.72. The summed E-state index contributed by atoms with van der Waals surface area (Å²) in [6.07, 6.45) is 1.21. The fourth-order valence-electron chi connectivity index (χ4n) is 4.48. The van der Waals surface area contributed by atoms with Crippen molar-refractivity contribution in [2.45, 2.75) is 50.2 Å². The molecule has 2 aromatic carbocycles. The summed E-state index contributed by atoms with van der Waals surface area (Å²) in [7, 11) is 1.76. The molecule has 34 heavy (non-hydrogen) atoms. The van der Waals surface area contributed by atoms with Crippen molar-refractivity contribution in [2.24, 2.45) is 0 Å². The molecule has 0 bridgehead atoms. The third kappa shape index (κ3) is 4.83. The molecule has 3 rings (SSSR count). The van der Waals surface area contributed by atoms with Crippen LogP contribution in [0.3, 0.4) is 0 Å². The number of fused-ring (bicyclic) bond motifs is 1. The van der Waals surface area contributed by atoms with Gasteiger partial charge in [-0.15, -0.1) is 0 Å². The zero-order valence-corrected chi connectivity index (χ0v) is 21.9. The Balaban J connectivity index is 1.99. The number of carboxylic acids is 1. The maximum absolute atomic E-state index is 13.0. The van der Waals surface area contributed by atoms with E-state index < -0.39 is 31.3 Å². The Morgan fingerprint density at radius 1 is 1.18 bits per heavy atom. The summed E-state index contributed by atoms with van der Waals surface area (Å²) in [5.74, 6) is -0.365. The molecule has 1 N–H and O–H groups in total. The second-order valence-corrected chi connectivity index (χ2v) is 15.9. The van der Waals surface area contributed by atoms with E-state index in [1.54, 1.807) is 27.2 Å². The van der Waals surface area contributed by atoms with Crippen molar-refractivity contribution >= 4 is 37.0 Å². The summed E-state index contributed by atoms with van der Waals surface area (Å²) >= 11 is 0. The molecule has 0 spiro atoms. The monoisotopic (exact) mass is 485 g/mol. The van der Waals surface area contributed by atoms with Gasteiger partial charge in [0, 0.05) is 27.2 Å². The number of methoxy groups -OCH3 is 2. The van der Waals surface area contributed by atoms with Crippen molar-refractivity contribution in [3.05, 3.63) is 48.0 Å². The molecule has 2 aromatic rings. The molecule has 0 radical (unpaired) electrons. The zero-order chi connectivity index (χ0) is 25.3. The lowest BCUT2D eigenvalue weighted by atomic mass is 9.85. The molecule has 1 aliphatic rings. The van der Waals surface area contributed by atoms with Crippen molar-refractivity contribution < 1.29 is 28.9 Å². The fraction of sp³-hybridized carbons (Fsp3) is 0.462. The molecule has 2 atom stereocenters. The van der Waals surface area contributed by atoms with Crippen LogP contribution in [-0.2, 0) is 19.9 Å². The van der Waals surface area contributed by atoms with Crippen LogP contribution in [0.1, 0.15) is 24.5 Å². The van der Waals surface area contributed by atoms with E-state index in [4.69, 9.17) is 14.2 Å². The highest BCUT2D eigenvalue weighted by Gasteiger charge is 2.58. The number of carboxylic acid groups (broad SMARTS) is 1. The van der Waals surface area contributed by atoms with Gasteiger partial charge in [0.2, 0.25) is 0 Å². The number of nitrogens with zero attached hydrogens (tertiary/aromatic N) is 1. The molecule has 0 unspecified atom stereocenters. The van der Waals surface area contributed by atoms with E-state index in [0.717, 1.165) is 33.7 Å². The van der Waals surface area contributed by atoms with Crippen molar-refractivity contribution in [3.63, 3.8) is 0 Å². The van der Waals surface area contributed by atoms with Crippen LogP contribution in [0.2, 0.25) is 25.7 Å². The number of likely N-dealkylation sites (tertiary alicyclic amines) is 1. The van der Waals surface area contributed by atoms with Crippen LogP contribution in [0.5, 0.6) is 5.75 Å². The summed E-state index contributed by atoms with van der Waals surface area (Å²) in [6.45, 7) is 12.4. The number of benzene rings is 2. The van der Waals surface area contributed by atoms with Gasteiger partial charge in [0.05, 0.1) is 20.3 Å². The van der Waals surface area contributed by atoms with Crippen molar-refractivity contribution in [2.75, 3.05) is 27.4 Å². The Hall–Kier alpha value is -2.84. The maximum Gasteiger partial charge on any atom is 0.410 e. The number of carbonyl (C=O) groups excluding carboxylic acids is 1. The number of carbonyl (C=O) groups is 2. The number of amides is 1. The minimum absolute atomic E-state index is 0.0774. The van der Waals surface area contributed by atoms with Crippen molar-refractivity contribution in [3.8, 4) is 5.75 Å². The summed E-state index contributed by atoms with van der Waals surface area (Å²) in [4.78, 5) is 26.7. The quantitative estimate of drug-likeness (QED) is 0.507. The molecule has 0 aliphatic carbocycles. The van der Waals surface area contributed by atoms with Crippen molar-refractivity contribution in [1.82, 2.24) is 4.90 Å². The second kappa shape index (κ2) is 9.42. The summed E-state index contributed by atoms with van der Waals surface area (Å²) in [5.41, 5.74) is -0.804. The van der Waals surface area contributed by atoms with Crippen LogP contribution in [0.4, 0.5) is 4.79 Å². The lowest BCUT2D eigenvalue weighted by Gasteiger charge is -2.30. The first-order chi connectivity index (χ1) is 15.9. The van der Waals surface area contributed by atoms with Gasteiger partial charge in [-0.25, -0.2) is 9.59 Å². The predicted octanol–water partition coefficient (Wildman–Crippen LogP) is 5.36. The Labute approximate surface area is 202 Å². The van der Waals surface area contributed by atoms with Gasteiger partial charge >= 0.3 is 12.1 Å². The normalized spacial score (nSPS) is 22.6. The zero-order valence-electron chi connectivity index (χ0n) is 20.9. The molecule has 1 heterocycles. The fourth-order valence-corrected chi connectivity index (χ4v) is 5.19. The first-order valence-electron chi connectivity index (χ1n) is 11.4.